The number of benzene rings is 2. The van der Waals surface area contributed by atoms with E-state index in [1.165, 1.54) is 17.7 Å². The largest absolute Gasteiger partial charge is 0.274 e. The Morgan fingerprint density at radius 2 is 1.82 bits per heavy atom. The molecule has 0 spiro atoms. The highest BCUT2D eigenvalue weighted by molar-refractivity contribution is 7.98. The molecule has 0 atom stereocenters. The van der Waals surface area contributed by atoms with Gasteiger partial charge in [0.2, 0.25) is 0 Å². The van der Waals surface area contributed by atoms with Gasteiger partial charge in [-0.3, -0.25) is 4.57 Å². The van der Waals surface area contributed by atoms with Crippen molar-refractivity contribution in [3.05, 3.63) is 71.3 Å². The highest BCUT2D eigenvalue weighted by Gasteiger charge is 2.11. The Morgan fingerprint density at radius 1 is 1.05 bits per heavy atom. The first kappa shape index (κ1) is 14.8. The van der Waals surface area contributed by atoms with Crippen LogP contribution in [0.3, 0.4) is 0 Å². The Morgan fingerprint density at radius 3 is 2.55 bits per heavy atom. The number of halogens is 1. The molecule has 2 aromatic carbocycles. The second-order valence-electron chi connectivity index (χ2n) is 5.12. The molecule has 0 saturated carbocycles. The maximum atomic E-state index is 12.9. The number of thioether (sulfide) groups is 1. The molecule has 0 aliphatic carbocycles. The number of rotatable bonds is 4. The number of nitrogens with zero attached hydrogens (tertiary/aromatic N) is 3. The van der Waals surface area contributed by atoms with E-state index in [4.69, 9.17) is 0 Å². The van der Waals surface area contributed by atoms with E-state index in [0.717, 1.165) is 28.0 Å². The topological polar surface area (TPSA) is 30.7 Å². The molecule has 0 aliphatic rings. The molecule has 112 valence electrons. The fourth-order valence-electron chi connectivity index (χ4n) is 2.23. The Labute approximate surface area is 133 Å². The number of aryl methyl sites for hydroxylation is 2. The summed E-state index contributed by atoms with van der Waals surface area (Å²) in [4.78, 5) is 0. The fourth-order valence-corrected chi connectivity index (χ4v) is 3.18. The third-order valence-electron chi connectivity index (χ3n) is 3.34. The lowest BCUT2D eigenvalue weighted by molar-refractivity contribution is 0.627. The first-order chi connectivity index (χ1) is 10.6. The summed E-state index contributed by atoms with van der Waals surface area (Å²) in [6.07, 6.45) is 0. The van der Waals surface area contributed by atoms with E-state index in [9.17, 15) is 4.39 Å². The molecule has 3 rings (SSSR count). The van der Waals surface area contributed by atoms with Crippen LogP contribution < -0.4 is 0 Å². The van der Waals surface area contributed by atoms with Crippen molar-refractivity contribution >= 4 is 11.8 Å². The van der Waals surface area contributed by atoms with Crippen LogP contribution in [0.4, 0.5) is 4.39 Å². The molecule has 0 saturated heterocycles. The summed E-state index contributed by atoms with van der Waals surface area (Å²) in [6, 6.07) is 14.8. The first-order valence-electron chi connectivity index (χ1n) is 7.00. The van der Waals surface area contributed by atoms with Crippen LogP contribution in [0, 0.1) is 19.7 Å². The third-order valence-corrected chi connectivity index (χ3v) is 4.34. The van der Waals surface area contributed by atoms with Crippen molar-refractivity contribution in [2.45, 2.75) is 24.8 Å². The van der Waals surface area contributed by atoms with Crippen molar-refractivity contribution in [2.75, 3.05) is 0 Å². The van der Waals surface area contributed by atoms with Crippen LogP contribution in [0.1, 0.15) is 17.0 Å². The molecule has 22 heavy (non-hydrogen) atoms. The predicted molar refractivity (Wildman–Crippen MR) is 86.8 cm³/mol. The summed E-state index contributed by atoms with van der Waals surface area (Å²) >= 11 is 1.59. The van der Waals surface area contributed by atoms with Gasteiger partial charge in [0.15, 0.2) is 5.16 Å². The minimum Gasteiger partial charge on any atom is -0.274 e. The normalized spacial score (nSPS) is 10.9. The van der Waals surface area contributed by atoms with Crippen LogP contribution in [-0.2, 0) is 5.75 Å². The van der Waals surface area contributed by atoms with Crippen molar-refractivity contribution in [2.24, 2.45) is 0 Å². The SMILES string of the molecule is Cc1cccc(-n2c(C)nnc2SCc2ccc(F)cc2)c1. The summed E-state index contributed by atoms with van der Waals surface area (Å²) in [5, 5.41) is 9.28. The van der Waals surface area contributed by atoms with Gasteiger partial charge in [-0.2, -0.15) is 0 Å². The maximum Gasteiger partial charge on any atom is 0.196 e. The van der Waals surface area contributed by atoms with Crippen molar-refractivity contribution in [3.63, 3.8) is 0 Å². The number of hydrogen-bond acceptors (Lipinski definition) is 3. The molecule has 0 amide bonds. The highest BCUT2D eigenvalue weighted by atomic mass is 32.2. The molecule has 0 unspecified atom stereocenters. The molecule has 1 heterocycles. The van der Waals surface area contributed by atoms with E-state index in [2.05, 4.69) is 29.3 Å². The zero-order valence-corrected chi connectivity index (χ0v) is 13.3. The van der Waals surface area contributed by atoms with Gasteiger partial charge in [-0.25, -0.2) is 4.39 Å². The van der Waals surface area contributed by atoms with E-state index in [0.29, 0.717) is 0 Å². The van der Waals surface area contributed by atoms with Gasteiger partial charge in [0.05, 0.1) is 0 Å². The molecule has 3 aromatic rings. The van der Waals surface area contributed by atoms with E-state index in [1.54, 1.807) is 23.9 Å². The maximum absolute atomic E-state index is 12.9. The van der Waals surface area contributed by atoms with E-state index >= 15 is 0 Å². The van der Waals surface area contributed by atoms with Crippen LogP contribution in [0.25, 0.3) is 5.69 Å². The molecule has 5 heteroatoms. The minimum atomic E-state index is -0.215. The van der Waals surface area contributed by atoms with Crippen molar-refractivity contribution in [3.8, 4) is 5.69 Å². The second-order valence-corrected chi connectivity index (χ2v) is 6.06. The van der Waals surface area contributed by atoms with Crippen molar-refractivity contribution < 1.29 is 4.39 Å². The highest BCUT2D eigenvalue weighted by Crippen LogP contribution is 2.25. The Balaban J connectivity index is 1.84. The zero-order chi connectivity index (χ0) is 15.5. The molecule has 1 aromatic heterocycles. The van der Waals surface area contributed by atoms with Crippen molar-refractivity contribution in [1.29, 1.82) is 0 Å². The third kappa shape index (κ3) is 3.20. The van der Waals surface area contributed by atoms with Gasteiger partial charge < -0.3 is 0 Å². The van der Waals surface area contributed by atoms with Gasteiger partial charge in [-0.05, 0) is 49.2 Å². The summed E-state index contributed by atoms with van der Waals surface area (Å²) in [5.41, 5.74) is 3.31. The van der Waals surface area contributed by atoms with E-state index in [1.807, 2.05) is 23.6 Å². The zero-order valence-electron chi connectivity index (χ0n) is 12.5. The van der Waals surface area contributed by atoms with Gasteiger partial charge in [-0.1, -0.05) is 36.0 Å². The first-order valence-corrected chi connectivity index (χ1v) is 7.98. The smallest absolute Gasteiger partial charge is 0.196 e. The van der Waals surface area contributed by atoms with E-state index in [-0.39, 0.29) is 5.82 Å². The Bertz CT molecular complexity index is 781. The lowest BCUT2D eigenvalue weighted by Gasteiger charge is -2.09. The molecule has 0 fully saturated rings. The predicted octanol–water partition coefficient (Wildman–Crippen LogP) is 4.32. The summed E-state index contributed by atoms with van der Waals surface area (Å²) < 4.78 is 15.0. The van der Waals surface area contributed by atoms with Gasteiger partial charge >= 0.3 is 0 Å². The lowest BCUT2D eigenvalue weighted by Crippen LogP contribution is -1.99. The van der Waals surface area contributed by atoms with Crippen LogP contribution in [0.2, 0.25) is 0 Å². The summed E-state index contributed by atoms with van der Waals surface area (Å²) in [5.74, 6) is 1.37. The molecule has 3 nitrogen and oxygen atoms in total. The number of hydrogen-bond donors (Lipinski definition) is 0. The fraction of sp³-hybridized carbons (Fsp3) is 0.176. The molecule has 0 radical (unpaired) electrons. The molecule has 0 aliphatic heterocycles. The lowest BCUT2D eigenvalue weighted by atomic mass is 10.2. The average Bonchev–Trinajstić information content (AvgIpc) is 2.87. The van der Waals surface area contributed by atoms with Gasteiger partial charge in [0.1, 0.15) is 11.6 Å². The standard InChI is InChI=1S/C17H16FN3S/c1-12-4-3-5-16(10-12)21-13(2)19-20-17(21)22-11-14-6-8-15(18)9-7-14/h3-10H,11H2,1-2H3. The van der Waals surface area contributed by atoms with Gasteiger partial charge in [0.25, 0.3) is 0 Å². The van der Waals surface area contributed by atoms with Gasteiger partial charge in [0, 0.05) is 11.4 Å². The van der Waals surface area contributed by atoms with Gasteiger partial charge in [-0.15, -0.1) is 10.2 Å². The van der Waals surface area contributed by atoms with Crippen LogP contribution >= 0.6 is 11.8 Å². The van der Waals surface area contributed by atoms with Crippen molar-refractivity contribution in [1.82, 2.24) is 14.8 Å². The van der Waals surface area contributed by atoms with E-state index < -0.39 is 0 Å². The molecular weight excluding hydrogens is 297 g/mol. The molecular formula is C17H16FN3S. The Kier molecular flexibility index (Phi) is 4.24. The molecule has 0 N–H and O–H groups in total. The average molecular weight is 313 g/mol. The summed E-state index contributed by atoms with van der Waals surface area (Å²) in [6.45, 7) is 4.01. The summed E-state index contributed by atoms with van der Waals surface area (Å²) in [7, 11) is 0. The second kappa shape index (κ2) is 6.32. The minimum absolute atomic E-state index is 0.215. The Hall–Kier alpha value is -2.14. The monoisotopic (exact) mass is 313 g/mol. The van der Waals surface area contributed by atoms with Crippen LogP contribution in [0.5, 0.6) is 0 Å². The van der Waals surface area contributed by atoms with Crippen LogP contribution in [0.15, 0.2) is 53.7 Å². The molecule has 0 bridgehead atoms. The van der Waals surface area contributed by atoms with Crippen LogP contribution in [-0.4, -0.2) is 14.8 Å². The quantitative estimate of drug-likeness (QED) is 0.672. The number of aromatic nitrogens is 3.